The minimum atomic E-state index is -3.36. The van der Waals surface area contributed by atoms with Gasteiger partial charge in [-0.05, 0) is 30.0 Å². The van der Waals surface area contributed by atoms with Gasteiger partial charge in [-0.2, -0.15) is 0 Å². The van der Waals surface area contributed by atoms with Crippen molar-refractivity contribution in [3.8, 4) is 0 Å². The third kappa shape index (κ3) is 3.82. The molecule has 1 aromatic carbocycles. The van der Waals surface area contributed by atoms with Gasteiger partial charge >= 0.3 is 5.97 Å². The second kappa shape index (κ2) is 6.88. The summed E-state index contributed by atoms with van der Waals surface area (Å²) in [7, 11) is -2.06. The maximum Gasteiger partial charge on any atom is 0.338 e. The fourth-order valence-electron chi connectivity index (χ4n) is 2.26. The van der Waals surface area contributed by atoms with E-state index in [9.17, 15) is 13.2 Å². The Morgan fingerprint density at radius 1 is 1.10 bits per heavy atom. The number of rotatable bonds is 6. The third-order valence-corrected chi connectivity index (χ3v) is 4.31. The van der Waals surface area contributed by atoms with Gasteiger partial charge in [0, 0.05) is 6.26 Å². The van der Waals surface area contributed by atoms with E-state index in [0.717, 1.165) is 30.4 Å². The number of methoxy groups -OCH3 is 1. The predicted molar refractivity (Wildman–Crippen MR) is 78.9 cm³/mol. The Kier molecular flexibility index (Phi) is 5.74. The molecule has 0 aliphatic carbocycles. The van der Waals surface area contributed by atoms with Crippen molar-refractivity contribution in [3.05, 3.63) is 28.8 Å². The van der Waals surface area contributed by atoms with Gasteiger partial charge in [-0.25, -0.2) is 13.2 Å². The van der Waals surface area contributed by atoms with Crippen molar-refractivity contribution in [2.45, 2.75) is 44.4 Å². The summed E-state index contributed by atoms with van der Waals surface area (Å²) in [6.07, 6.45) is 4.31. The van der Waals surface area contributed by atoms with Crippen molar-refractivity contribution in [2.24, 2.45) is 0 Å². The number of aryl methyl sites for hydroxylation is 2. The van der Waals surface area contributed by atoms with Crippen LogP contribution in [-0.2, 0) is 27.4 Å². The van der Waals surface area contributed by atoms with E-state index in [0.29, 0.717) is 12.0 Å². The van der Waals surface area contributed by atoms with Gasteiger partial charge in [0.25, 0.3) is 0 Å². The molecule has 1 rings (SSSR count). The van der Waals surface area contributed by atoms with Crippen LogP contribution in [0.5, 0.6) is 0 Å². The molecule has 0 spiro atoms. The highest BCUT2D eigenvalue weighted by Gasteiger charge is 2.20. The topological polar surface area (TPSA) is 60.4 Å². The number of carbonyl (C=O) groups is 1. The Bertz CT molecular complexity index is 588. The Labute approximate surface area is 121 Å². The standard InChI is InChI=1S/C15H22O4S/c1-5-7-11-9-12(8-6-2)14(20(4,17)18)10-13(11)15(16)19-3/h9-10H,5-8H2,1-4H3. The summed E-state index contributed by atoms with van der Waals surface area (Å²) in [5.41, 5.74) is 2.00. The molecule has 0 saturated carbocycles. The normalized spacial score (nSPS) is 11.4. The van der Waals surface area contributed by atoms with Crippen LogP contribution in [0.4, 0.5) is 0 Å². The second-order valence-corrected chi connectivity index (χ2v) is 6.86. The molecule has 0 saturated heterocycles. The van der Waals surface area contributed by atoms with Gasteiger partial charge in [0.05, 0.1) is 17.6 Å². The highest BCUT2D eigenvalue weighted by atomic mass is 32.2. The fourth-order valence-corrected chi connectivity index (χ4v) is 3.23. The molecule has 0 aromatic heterocycles. The van der Waals surface area contributed by atoms with Crippen LogP contribution in [0.3, 0.4) is 0 Å². The van der Waals surface area contributed by atoms with Gasteiger partial charge in [0.1, 0.15) is 0 Å². The van der Waals surface area contributed by atoms with Gasteiger partial charge < -0.3 is 4.74 Å². The average molecular weight is 298 g/mol. The molecule has 0 aliphatic heterocycles. The van der Waals surface area contributed by atoms with Crippen molar-refractivity contribution in [2.75, 3.05) is 13.4 Å². The van der Waals surface area contributed by atoms with Crippen LogP contribution < -0.4 is 0 Å². The summed E-state index contributed by atoms with van der Waals surface area (Å²) in [6, 6.07) is 3.31. The molecule has 112 valence electrons. The summed E-state index contributed by atoms with van der Waals surface area (Å²) < 4.78 is 28.6. The quantitative estimate of drug-likeness (QED) is 0.758. The van der Waals surface area contributed by atoms with Crippen molar-refractivity contribution >= 4 is 15.8 Å². The van der Waals surface area contributed by atoms with Crippen LogP contribution in [0.25, 0.3) is 0 Å². The maximum atomic E-state index is 11.9. The summed E-state index contributed by atoms with van der Waals surface area (Å²) in [5, 5.41) is 0. The van der Waals surface area contributed by atoms with E-state index in [-0.39, 0.29) is 4.90 Å². The number of sulfone groups is 1. The maximum absolute atomic E-state index is 11.9. The van der Waals surface area contributed by atoms with E-state index in [1.807, 2.05) is 19.9 Å². The summed E-state index contributed by atoms with van der Waals surface area (Å²) in [6.45, 7) is 4.02. The van der Waals surface area contributed by atoms with Crippen molar-refractivity contribution < 1.29 is 17.9 Å². The zero-order valence-electron chi connectivity index (χ0n) is 12.5. The summed E-state index contributed by atoms with van der Waals surface area (Å²) in [4.78, 5) is 12.1. The van der Waals surface area contributed by atoms with Crippen molar-refractivity contribution in [3.63, 3.8) is 0 Å². The molecule has 0 aliphatic rings. The first-order valence-corrected chi connectivity index (χ1v) is 8.68. The first-order chi connectivity index (χ1) is 9.35. The number of ether oxygens (including phenoxy) is 1. The third-order valence-electron chi connectivity index (χ3n) is 3.13. The lowest BCUT2D eigenvalue weighted by Gasteiger charge is -2.14. The molecule has 0 atom stereocenters. The first kappa shape index (κ1) is 16.7. The Hall–Kier alpha value is -1.36. The lowest BCUT2D eigenvalue weighted by atomic mass is 9.98. The van der Waals surface area contributed by atoms with Crippen molar-refractivity contribution in [1.29, 1.82) is 0 Å². The van der Waals surface area contributed by atoms with Crippen LogP contribution in [-0.4, -0.2) is 27.8 Å². The minimum Gasteiger partial charge on any atom is -0.465 e. The predicted octanol–water partition coefficient (Wildman–Crippen LogP) is 2.78. The number of benzene rings is 1. The fraction of sp³-hybridized carbons (Fsp3) is 0.533. The molecule has 4 nitrogen and oxygen atoms in total. The Morgan fingerprint density at radius 2 is 1.65 bits per heavy atom. The molecule has 1 aromatic rings. The van der Waals surface area contributed by atoms with Crippen LogP contribution in [0, 0.1) is 0 Å². The van der Waals surface area contributed by atoms with Crippen LogP contribution in [0.2, 0.25) is 0 Å². The van der Waals surface area contributed by atoms with Crippen LogP contribution >= 0.6 is 0 Å². The molecular weight excluding hydrogens is 276 g/mol. The van der Waals surface area contributed by atoms with Gasteiger partial charge in [0.15, 0.2) is 9.84 Å². The molecule has 0 radical (unpaired) electrons. The molecular formula is C15H22O4S. The molecule has 5 heteroatoms. The highest BCUT2D eigenvalue weighted by Crippen LogP contribution is 2.24. The molecule has 0 bridgehead atoms. The molecule has 0 heterocycles. The van der Waals surface area contributed by atoms with Crippen LogP contribution in [0.15, 0.2) is 17.0 Å². The zero-order valence-corrected chi connectivity index (χ0v) is 13.3. The number of carbonyl (C=O) groups excluding carboxylic acids is 1. The molecule has 0 amide bonds. The van der Waals surface area contributed by atoms with Gasteiger partial charge in [-0.1, -0.05) is 32.8 Å². The lowest BCUT2D eigenvalue weighted by molar-refractivity contribution is 0.0599. The highest BCUT2D eigenvalue weighted by molar-refractivity contribution is 7.90. The monoisotopic (exact) mass is 298 g/mol. The number of hydrogen-bond acceptors (Lipinski definition) is 4. The first-order valence-electron chi connectivity index (χ1n) is 6.79. The lowest BCUT2D eigenvalue weighted by Crippen LogP contribution is -2.11. The van der Waals surface area contributed by atoms with Crippen LogP contribution in [0.1, 0.15) is 48.2 Å². The van der Waals surface area contributed by atoms with E-state index >= 15 is 0 Å². The number of hydrogen-bond donors (Lipinski definition) is 0. The van der Waals surface area contributed by atoms with Gasteiger partial charge in [-0.15, -0.1) is 0 Å². The van der Waals surface area contributed by atoms with E-state index in [2.05, 4.69) is 0 Å². The largest absolute Gasteiger partial charge is 0.465 e. The van der Waals surface area contributed by atoms with E-state index in [1.165, 1.54) is 19.4 Å². The molecule has 0 unspecified atom stereocenters. The van der Waals surface area contributed by atoms with E-state index in [1.54, 1.807) is 0 Å². The summed E-state index contributed by atoms with van der Waals surface area (Å²) in [5.74, 6) is -0.485. The molecule has 0 fully saturated rings. The SMILES string of the molecule is CCCc1cc(CCC)c(S(C)(=O)=O)cc1C(=O)OC. The molecule has 0 N–H and O–H groups in total. The second-order valence-electron chi connectivity index (χ2n) is 4.88. The summed E-state index contributed by atoms with van der Waals surface area (Å²) >= 11 is 0. The number of esters is 1. The Morgan fingerprint density at radius 3 is 2.10 bits per heavy atom. The molecule has 20 heavy (non-hydrogen) atoms. The minimum absolute atomic E-state index is 0.236. The smallest absolute Gasteiger partial charge is 0.338 e. The van der Waals surface area contributed by atoms with E-state index < -0.39 is 15.8 Å². The Balaban J connectivity index is 3.55. The zero-order chi connectivity index (χ0) is 15.3. The van der Waals surface area contributed by atoms with E-state index in [4.69, 9.17) is 4.74 Å². The van der Waals surface area contributed by atoms with Crippen molar-refractivity contribution in [1.82, 2.24) is 0 Å². The van der Waals surface area contributed by atoms with Gasteiger partial charge in [0.2, 0.25) is 0 Å². The van der Waals surface area contributed by atoms with Gasteiger partial charge in [-0.3, -0.25) is 0 Å². The average Bonchev–Trinajstić information content (AvgIpc) is 2.37.